The molecule has 2 aromatic rings. The largest absolute Gasteiger partial charge is 0.462 e. The van der Waals surface area contributed by atoms with Gasteiger partial charge in [0.15, 0.2) is 0 Å². The number of ether oxygens (including phenoxy) is 2. The summed E-state index contributed by atoms with van der Waals surface area (Å²) in [4.78, 5) is 24.7. The molecular formula is C17H22ClN3O3S. The van der Waals surface area contributed by atoms with Gasteiger partial charge in [-0.1, -0.05) is 11.6 Å². The fourth-order valence-electron chi connectivity index (χ4n) is 3.21. The number of thiophene rings is 1. The standard InChI is InChI=1S/C17H22ClN3O3S/c1-5-23-17(22)14-11(4)13-15(18)19-12(20-16(13)25-14)8-21-6-9(2)24-10(3)7-21/h9-10H,5-8H2,1-4H3. The number of nitrogens with zero attached hydrogens (tertiary/aromatic N) is 3. The van der Waals surface area contributed by atoms with Crippen LogP contribution in [0.5, 0.6) is 0 Å². The number of aryl methyl sites for hydroxylation is 1. The van der Waals surface area contributed by atoms with Crippen LogP contribution in [0, 0.1) is 6.92 Å². The van der Waals surface area contributed by atoms with E-state index < -0.39 is 0 Å². The SMILES string of the molecule is CCOC(=O)c1sc2nc(CN3CC(C)OC(C)C3)nc(Cl)c2c1C. The van der Waals surface area contributed by atoms with Gasteiger partial charge in [0.05, 0.1) is 30.7 Å². The molecule has 1 aliphatic rings. The van der Waals surface area contributed by atoms with Crippen molar-refractivity contribution < 1.29 is 14.3 Å². The Morgan fingerprint density at radius 3 is 2.68 bits per heavy atom. The minimum atomic E-state index is -0.337. The highest BCUT2D eigenvalue weighted by Crippen LogP contribution is 2.34. The topological polar surface area (TPSA) is 64.5 Å². The lowest BCUT2D eigenvalue weighted by Crippen LogP contribution is -2.45. The third-order valence-corrected chi connectivity index (χ3v) is 5.55. The van der Waals surface area contributed by atoms with Gasteiger partial charge in [0.2, 0.25) is 0 Å². The summed E-state index contributed by atoms with van der Waals surface area (Å²) in [6, 6.07) is 0. The van der Waals surface area contributed by atoms with Crippen molar-refractivity contribution >= 4 is 39.1 Å². The number of morpholine rings is 1. The van der Waals surface area contributed by atoms with Crippen LogP contribution in [0.25, 0.3) is 10.2 Å². The van der Waals surface area contributed by atoms with E-state index in [9.17, 15) is 4.79 Å². The van der Waals surface area contributed by atoms with Crippen LogP contribution >= 0.6 is 22.9 Å². The molecule has 0 bridgehead atoms. The van der Waals surface area contributed by atoms with E-state index in [1.54, 1.807) is 6.92 Å². The number of hydrogen-bond acceptors (Lipinski definition) is 7. The van der Waals surface area contributed by atoms with Gasteiger partial charge in [-0.2, -0.15) is 0 Å². The summed E-state index contributed by atoms with van der Waals surface area (Å²) in [5, 5.41) is 1.13. The van der Waals surface area contributed by atoms with Crippen LogP contribution in [0.4, 0.5) is 0 Å². The number of aromatic nitrogens is 2. The fourth-order valence-corrected chi connectivity index (χ4v) is 4.69. The molecule has 2 unspecified atom stereocenters. The molecule has 3 rings (SSSR count). The molecular weight excluding hydrogens is 362 g/mol. The summed E-state index contributed by atoms with van der Waals surface area (Å²) in [5.41, 5.74) is 0.781. The van der Waals surface area contributed by atoms with Crippen molar-refractivity contribution in [2.24, 2.45) is 0 Å². The van der Waals surface area contributed by atoms with Gasteiger partial charge in [0.1, 0.15) is 20.7 Å². The third-order valence-electron chi connectivity index (χ3n) is 4.11. The van der Waals surface area contributed by atoms with Gasteiger partial charge >= 0.3 is 5.97 Å². The molecule has 0 spiro atoms. The molecule has 8 heteroatoms. The summed E-state index contributed by atoms with van der Waals surface area (Å²) < 4.78 is 10.9. The average Bonchev–Trinajstić information content (AvgIpc) is 2.83. The highest BCUT2D eigenvalue weighted by Gasteiger charge is 2.24. The van der Waals surface area contributed by atoms with Gasteiger partial charge in [-0.3, -0.25) is 4.90 Å². The van der Waals surface area contributed by atoms with Crippen molar-refractivity contribution in [3.8, 4) is 0 Å². The molecule has 1 fully saturated rings. The van der Waals surface area contributed by atoms with Gasteiger partial charge in [0.25, 0.3) is 0 Å². The zero-order valence-electron chi connectivity index (χ0n) is 14.8. The molecule has 136 valence electrons. The van der Waals surface area contributed by atoms with E-state index in [1.165, 1.54) is 11.3 Å². The predicted octanol–water partition coefficient (Wildman–Crippen LogP) is 3.44. The van der Waals surface area contributed by atoms with Crippen molar-refractivity contribution in [3.63, 3.8) is 0 Å². The first kappa shape index (κ1) is 18.5. The quantitative estimate of drug-likeness (QED) is 0.595. The molecule has 0 aliphatic carbocycles. The number of carbonyl (C=O) groups is 1. The highest BCUT2D eigenvalue weighted by atomic mass is 35.5. The minimum absolute atomic E-state index is 0.183. The van der Waals surface area contributed by atoms with E-state index in [0.717, 1.165) is 28.9 Å². The van der Waals surface area contributed by atoms with Crippen LogP contribution in [0.1, 0.15) is 41.8 Å². The summed E-state index contributed by atoms with van der Waals surface area (Å²) in [7, 11) is 0. The second-order valence-electron chi connectivity index (χ2n) is 6.34. The lowest BCUT2D eigenvalue weighted by atomic mass is 10.2. The van der Waals surface area contributed by atoms with Gasteiger partial charge in [-0.05, 0) is 33.3 Å². The zero-order chi connectivity index (χ0) is 18.1. The Labute approximate surface area is 156 Å². The number of halogens is 1. The number of carbonyl (C=O) groups excluding carboxylic acids is 1. The van der Waals surface area contributed by atoms with E-state index in [-0.39, 0.29) is 18.2 Å². The highest BCUT2D eigenvalue weighted by molar-refractivity contribution is 7.20. The van der Waals surface area contributed by atoms with E-state index in [0.29, 0.717) is 29.0 Å². The Kier molecular flexibility index (Phi) is 5.58. The smallest absolute Gasteiger partial charge is 0.348 e. The first-order valence-corrected chi connectivity index (χ1v) is 9.58. The third kappa shape index (κ3) is 3.95. The van der Waals surface area contributed by atoms with Crippen molar-refractivity contribution in [2.75, 3.05) is 19.7 Å². The molecule has 0 saturated carbocycles. The summed E-state index contributed by atoms with van der Waals surface area (Å²) >= 11 is 7.71. The lowest BCUT2D eigenvalue weighted by Gasteiger charge is -2.34. The zero-order valence-corrected chi connectivity index (χ0v) is 16.4. The molecule has 1 aliphatic heterocycles. The molecule has 2 atom stereocenters. The molecule has 0 amide bonds. The number of rotatable bonds is 4. The molecule has 6 nitrogen and oxygen atoms in total. The van der Waals surface area contributed by atoms with Crippen LogP contribution in [-0.4, -0.2) is 52.7 Å². The Balaban J connectivity index is 1.89. The van der Waals surface area contributed by atoms with Crippen LogP contribution in [0.15, 0.2) is 0 Å². The average molecular weight is 384 g/mol. The van der Waals surface area contributed by atoms with Crippen molar-refractivity contribution in [1.29, 1.82) is 0 Å². The van der Waals surface area contributed by atoms with Crippen LogP contribution in [-0.2, 0) is 16.0 Å². The van der Waals surface area contributed by atoms with Crippen LogP contribution in [0.3, 0.4) is 0 Å². The molecule has 0 N–H and O–H groups in total. The molecule has 0 aromatic carbocycles. The van der Waals surface area contributed by atoms with E-state index in [1.807, 2.05) is 6.92 Å². The first-order valence-electron chi connectivity index (χ1n) is 8.39. The maximum atomic E-state index is 12.1. The van der Waals surface area contributed by atoms with Crippen molar-refractivity contribution in [2.45, 2.75) is 46.4 Å². The van der Waals surface area contributed by atoms with Gasteiger partial charge in [-0.25, -0.2) is 14.8 Å². The van der Waals surface area contributed by atoms with Crippen molar-refractivity contribution in [1.82, 2.24) is 14.9 Å². The fraction of sp³-hybridized carbons (Fsp3) is 0.588. The number of esters is 1. The number of hydrogen-bond donors (Lipinski definition) is 0. The van der Waals surface area contributed by atoms with E-state index >= 15 is 0 Å². The molecule has 25 heavy (non-hydrogen) atoms. The first-order chi connectivity index (χ1) is 11.9. The molecule has 2 aromatic heterocycles. The molecule has 0 radical (unpaired) electrons. The normalized spacial score (nSPS) is 21.6. The molecule has 1 saturated heterocycles. The Morgan fingerprint density at radius 1 is 1.36 bits per heavy atom. The minimum Gasteiger partial charge on any atom is -0.462 e. The lowest BCUT2D eigenvalue weighted by molar-refractivity contribution is -0.0710. The second kappa shape index (κ2) is 7.53. The Morgan fingerprint density at radius 2 is 2.04 bits per heavy atom. The van der Waals surface area contributed by atoms with Crippen molar-refractivity contribution in [3.05, 3.63) is 21.4 Å². The maximum Gasteiger partial charge on any atom is 0.348 e. The van der Waals surface area contributed by atoms with Gasteiger partial charge in [0, 0.05) is 13.1 Å². The summed E-state index contributed by atoms with van der Waals surface area (Å²) in [6.07, 6.45) is 0.365. The Bertz CT molecular complexity index is 785. The second-order valence-corrected chi connectivity index (χ2v) is 7.70. The number of fused-ring (bicyclic) bond motifs is 1. The Hall–Kier alpha value is -1.28. The monoisotopic (exact) mass is 383 g/mol. The van der Waals surface area contributed by atoms with Gasteiger partial charge in [-0.15, -0.1) is 11.3 Å². The van der Waals surface area contributed by atoms with Crippen LogP contribution in [0.2, 0.25) is 5.15 Å². The summed E-state index contributed by atoms with van der Waals surface area (Å²) in [5.74, 6) is 0.326. The van der Waals surface area contributed by atoms with Gasteiger partial charge < -0.3 is 9.47 Å². The predicted molar refractivity (Wildman–Crippen MR) is 98.4 cm³/mol. The van der Waals surface area contributed by atoms with E-state index in [2.05, 4.69) is 28.7 Å². The molecule has 3 heterocycles. The summed E-state index contributed by atoms with van der Waals surface area (Å²) in [6.45, 7) is 10.4. The van der Waals surface area contributed by atoms with E-state index in [4.69, 9.17) is 21.1 Å². The van der Waals surface area contributed by atoms with Crippen LogP contribution < -0.4 is 0 Å². The maximum absolute atomic E-state index is 12.1.